The highest BCUT2D eigenvalue weighted by atomic mass is 32.1. The summed E-state index contributed by atoms with van der Waals surface area (Å²) in [5.74, 6) is 0. The fourth-order valence-electron chi connectivity index (χ4n) is 0.315. The number of hydrogen-bond acceptors (Lipinski definition) is 2. The van der Waals surface area contributed by atoms with Gasteiger partial charge in [-0.25, -0.2) is 0 Å². The van der Waals surface area contributed by atoms with Crippen LogP contribution in [0.2, 0.25) is 0 Å². The van der Waals surface area contributed by atoms with Gasteiger partial charge in [0.05, 0.1) is 0 Å². The van der Waals surface area contributed by atoms with Crippen molar-refractivity contribution in [2.45, 2.75) is 6.92 Å². The van der Waals surface area contributed by atoms with E-state index in [-0.39, 0.29) is 0 Å². The third-order valence-electron chi connectivity index (χ3n) is 0.840. The molecule has 9 heavy (non-hydrogen) atoms. The number of hydrogen-bond donors (Lipinski definition) is 2. The summed E-state index contributed by atoms with van der Waals surface area (Å²) in [5.41, 5.74) is 0.906. The summed E-state index contributed by atoms with van der Waals surface area (Å²) in [6.45, 7) is 9.11. The van der Waals surface area contributed by atoms with Crippen LogP contribution in [0, 0.1) is 0 Å². The van der Waals surface area contributed by atoms with Gasteiger partial charge in [-0.15, -0.1) is 25.3 Å². The molecule has 0 aliphatic heterocycles. The predicted molar refractivity (Wildman–Crippen MR) is 50.0 cm³/mol. The molecular formula is C7H10S2. The van der Waals surface area contributed by atoms with Gasteiger partial charge in [0.1, 0.15) is 0 Å². The minimum Gasteiger partial charge on any atom is -0.142 e. The lowest BCUT2D eigenvalue weighted by Crippen LogP contribution is -1.74. The smallest absolute Gasteiger partial charge is 0.0197 e. The molecule has 0 saturated carbocycles. The SMILES string of the molecule is C=C/C(S)=C(\S)C(=C)C. The Morgan fingerprint density at radius 3 is 2.00 bits per heavy atom. The minimum atomic E-state index is 0.769. The molecule has 0 aliphatic rings. The monoisotopic (exact) mass is 158 g/mol. The Hall–Kier alpha value is -0.0800. The van der Waals surface area contributed by atoms with Gasteiger partial charge in [0.25, 0.3) is 0 Å². The third-order valence-corrected chi connectivity index (χ3v) is 2.05. The van der Waals surface area contributed by atoms with E-state index in [0.717, 1.165) is 15.4 Å². The van der Waals surface area contributed by atoms with Crippen molar-refractivity contribution in [3.8, 4) is 0 Å². The van der Waals surface area contributed by atoms with Crippen LogP contribution in [-0.2, 0) is 0 Å². The second-order valence-electron chi connectivity index (χ2n) is 1.72. The summed E-state index contributed by atoms with van der Waals surface area (Å²) in [5, 5.41) is 0. The Morgan fingerprint density at radius 2 is 1.89 bits per heavy atom. The van der Waals surface area contributed by atoms with Crippen LogP contribution in [0.5, 0.6) is 0 Å². The van der Waals surface area contributed by atoms with E-state index in [1.54, 1.807) is 6.08 Å². The van der Waals surface area contributed by atoms with Gasteiger partial charge in [-0.1, -0.05) is 19.2 Å². The molecule has 0 saturated heterocycles. The molecule has 0 heterocycles. The van der Waals surface area contributed by atoms with E-state index in [4.69, 9.17) is 0 Å². The molecular weight excluding hydrogens is 148 g/mol. The van der Waals surface area contributed by atoms with Gasteiger partial charge >= 0.3 is 0 Å². The first-order chi connectivity index (χ1) is 4.09. The fraction of sp³-hybridized carbons (Fsp3) is 0.143. The van der Waals surface area contributed by atoms with Crippen LogP contribution in [0.4, 0.5) is 0 Å². The molecule has 0 fully saturated rings. The Balaban J connectivity index is 4.47. The minimum absolute atomic E-state index is 0.769. The highest BCUT2D eigenvalue weighted by molar-refractivity contribution is 7.89. The molecule has 0 amide bonds. The van der Waals surface area contributed by atoms with Gasteiger partial charge in [-0.2, -0.15) is 0 Å². The van der Waals surface area contributed by atoms with Gasteiger partial charge in [0.15, 0.2) is 0 Å². The summed E-state index contributed by atoms with van der Waals surface area (Å²) in [6, 6.07) is 0. The van der Waals surface area contributed by atoms with Crippen LogP contribution in [0.3, 0.4) is 0 Å². The van der Waals surface area contributed by atoms with Crippen molar-refractivity contribution in [3.05, 3.63) is 34.6 Å². The Labute approximate surface area is 67.2 Å². The van der Waals surface area contributed by atoms with Gasteiger partial charge in [-0.05, 0) is 12.5 Å². The topological polar surface area (TPSA) is 0 Å². The van der Waals surface area contributed by atoms with Crippen molar-refractivity contribution in [1.82, 2.24) is 0 Å². The van der Waals surface area contributed by atoms with E-state index in [1.165, 1.54) is 0 Å². The summed E-state index contributed by atoms with van der Waals surface area (Å²) in [6.07, 6.45) is 1.64. The molecule has 0 aromatic heterocycles. The lowest BCUT2D eigenvalue weighted by atomic mass is 10.3. The van der Waals surface area contributed by atoms with Crippen LogP contribution in [0.15, 0.2) is 34.6 Å². The molecule has 0 unspecified atom stereocenters. The fourth-order valence-corrected chi connectivity index (χ4v) is 0.597. The van der Waals surface area contributed by atoms with E-state index in [2.05, 4.69) is 38.4 Å². The van der Waals surface area contributed by atoms with E-state index in [1.807, 2.05) is 6.92 Å². The Bertz CT molecular complexity index is 166. The van der Waals surface area contributed by atoms with E-state index >= 15 is 0 Å². The van der Waals surface area contributed by atoms with E-state index in [9.17, 15) is 0 Å². The molecule has 0 radical (unpaired) electrons. The first kappa shape index (κ1) is 8.92. The van der Waals surface area contributed by atoms with Crippen LogP contribution in [0.1, 0.15) is 6.92 Å². The van der Waals surface area contributed by atoms with Crippen molar-refractivity contribution in [2.75, 3.05) is 0 Å². The zero-order valence-corrected chi connectivity index (χ0v) is 7.17. The van der Waals surface area contributed by atoms with Crippen molar-refractivity contribution < 1.29 is 0 Å². The molecule has 0 N–H and O–H groups in total. The summed E-state index contributed by atoms with van der Waals surface area (Å²) < 4.78 is 0. The molecule has 0 aliphatic carbocycles. The second-order valence-corrected chi connectivity index (χ2v) is 2.65. The maximum Gasteiger partial charge on any atom is 0.0197 e. The zero-order chi connectivity index (χ0) is 7.44. The molecule has 2 heteroatoms. The lowest BCUT2D eigenvalue weighted by molar-refractivity contribution is 1.53. The molecule has 0 atom stereocenters. The number of thiol groups is 2. The average molecular weight is 158 g/mol. The quantitative estimate of drug-likeness (QED) is 0.448. The molecule has 0 spiro atoms. The summed E-state index contributed by atoms with van der Waals surface area (Å²) in [4.78, 5) is 1.57. The van der Waals surface area contributed by atoms with Crippen LogP contribution in [0.25, 0.3) is 0 Å². The second kappa shape index (κ2) is 3.85. The van der Waals surface area contributed by atoms with Crippen LogP contribution >= 0.6 is 25.3 Å². The number of rotatable bonds is 2. The molecule has 0 aromatic rings. The molecule has 0 bridgehead atoms. The van der Waals surface area contributed by atoms with E-state index in [0.29, 0.717) is 0 Å². The molecule has 0 nitrogen and oxygen atoms in total. The van der Waals surface area contributed by atoms with Gasteiger partial charge in [0, 0.05) is 9.81 Å². The average Bonchev–Trinajstić information content (AvgIpc) is 1.84. The van der Waals surface area contributed by atoms with E-state index < -0.39 is 0 Å². The maximum atomic E-state index is 4.13. The summed E-state index contributed by atoms with van der Waals surface area (Å²) in [7, 11) is 0. The normalized spacial score (nSPS) is 12.3. The van der Waals surface area contributed by atoms with Gasteiger partial charge in [-0.3, -0.25) is 0 Å². The maximum absolute atomic E-state index is 4.13. The molecule has 50 valence electrons. The van der Waals surface area contributed by atoms with Crippen LogP contribution in [-0.4, -0.2) is 0 Å². The van der Waals surface area contributed by atoms with Crippen molar-refractivity contribution in [3.63, 3.8) is 0 Å². The third kappa shape index (κ3) is 2.82. The standard InChI is InChI=1S/C7H10S2/c1-4-6(8)7(9)5(2)3/h4,8-9H,1-2H2,3H3/b7-6+. The Kier molecular flexibility index (Phi) is 3.82. The van der Waals surface area contributed by atoms with Crippen molar-refractivity contribution in [2.24, 2.45) is 0 Å². The van der Waals surface area contributed by atoms with Gasteiger partial charge in [0.2, 0.25) is 0 Å². The van der Waals surface area contributed by atoms with Crippen molar-refractivity contribution >= 4 is 25.3 Å². The molecule has 0 rings (SSSR count). The first-order valence-corrected chi connectivity index (χ1v) is 3.39. The Morgan fingerprint density at radius 1 is 1.44 bits per heavy atom. The zero-order valence-electron chi connectivity index (χ0n) is 5.39. The molecule has 0 aromatic carbocycles. The number of allylic oxidation sites excluding steroid dienone is 2. The van der Waals surface area contributed by atoms with Crippen LogP contribution < -0.4 is 0 Å². The summed E-state index contributed by atoms with van der Waals surface area (Å²) >= 11 is 8.22. The van der Waals surface area contributed by atoms with Crippen molar-refractivity contribution in [1.29, 1.82) is 0 Å². The highest BCUT2D eigenvalue weighted by Crippen LogP contribution is 2.19. The van der Waals surface area contributed by atoms with Gasteiger partial charge < -0.3 is 0 Å². The largest absolute Gasteiger partial charge is 0.142 e. The highest BCUT2D eigenvalue weighted by Gasteiger charge is 1.93. The lowest BCUT2D eigenvalue weighted by Gasteiger charge is -1.98. The first-order valence-electron chi connectivity index (χ1n) is 2.50. The predicted octanol–water partition coefficient (Wildman–Crippen LogP) is 2.82.